The molecule has 1 aliphatic rings. The highest BCUT2D eigenvalue weighted by Gasteiger charge is 2.31. The first-order chi connectivity index (χ1) is 10.0. The number of nitrogens with one attached hydrogen (secondary N) is 2. The third-order valence-electron chi connectivity index (χ3n) is 3.66. The molecular formula is C16H22N2O3. The molecule has 2 rings (SSSR count). The number of carbonyl (C=O) groups is 2. The molecular weight excluding hydrogens is 268 g/mol. The molecule has 2 N–H and O–H groups in total. The molecule has 1 unspecified atom stereocenters. The number of rotatable bonds is 5. The van der Waals surface area contributed by atoms with E-state index in [1.807, 2.05) is 38.1 Å². The Hall–Kier alpha value is -2.04. The largest absolute Gasteiger partial charge is 0.467 e. The summed E-state index contributed by atoms with van der Waals surface area (Å²) in [6.45, 7) is 4.57. The average molecular weight is 290 g/mol. The minimum Gasteiger partial charge on any atom is -0.467 e. The zero-order valence-corrected chi connectivity index (χ0v) is 12.7. The Morgan fingerprint density at radius 3 is 2.76 bits per heavy atom. The molecule has 0 bridgehead atoms. The van der Waals surface area contributed by atoms with Gasteiger partial charge in [0.05, 0.1) is 13.0 Å². The fourth-order valence-corrected chi connectivity index (χ4v) is 2.62. The predicted molar refractivity (Wildman–Crippen MR) is 81.1 cm³/mol. The van der Waals surface area contributed by atoms with Crippen LogP contribution in [0.4, 0.5) is 5.69 Å². The van der Waals surface area contributed by atoms with Gasteiger partial charge in [0.1, 0.15) is 6.04 Å². The van der Waals surface area contributed by atoms with Crippen LogP contribution in [0, 0.1) is 5.92 Å². The van der Waals surface area contributed by atoms with Gasteiger partial charge in [0.25, 0.3) is 0 Å². The lowest BCUT2D eigenvalue weighted by molar-refractivity contribution is -0.145. The van der Waals surface area contributed by atoms with E-state index in [9.17, 15) is 9.59 Å². The third-order valence-corrected chi connectivity index (χ3v) is 3.66. The number of hydrogen-bond acceptors (Lipinski definition) is 4. The highest BCUT2D eigenvalue weighted by Crippen LogP contribution is 2.31. The molecule has 0 spiro atoms. The molecule has 5 heteroatoms. The lowest BCUT2D eigenvalue weighted by Gasteiger charge is -2.20. The van der Waals surface area contributed by atoms with Crippen LogP contribution in [0.2, 0.25) is 0 Å². The molecule has 21 heavy (non-hydrogen) atoms. The molecule has 1 aromatic rings. The second kappa shape index (κ2) is 6.61. The summed E-state index contributed by atoms with van der Waals surface area (Å²) in [5.41, 5.74) is 1.96. The van der Waals surface area contributed by atoms with E-state index in [0.717, 1.165) is 11.3 Å². The highest BCUT2D eigenvalue weighted by molar-refractivity contribution is 5.91. The molecule has 1 aliphatic heterocycles. The van der Waals surface area contributed by atoms with Crippen molar-refractivity contribution in [2.45, 2.75) is 32.2 Å². The van der Waals surface area contributed by atoms with Crippen LogP contribution in [0.3, 0.4) is 0 Å². The Balaban J connectivity index is 2.08. The molecule has 1 aromatic carbocycles. The molecule has 0 aromatic heterocycles. The van der Waals surface area contributed by atoms with Crippen LogP contribution in [0.1, 0.15) is 31.7 Å². The summed E-state index contributed by atoms with van der Waals surface area (Å²) in [7, 11) is 1.34. The number of benzene rings is 1. The Morgan fingerprint density at radius 1 is 1.38 bits per heavy atom. The lowest BCUT2D eigenvalue weighted by Crippen LogP contribution is -2.44. The highest BCUT2D eigenvalue weighted by atomic mass is 16.5. The first-order valence-corrected chi connectivity index (χ1v) is 7.24. The molecule has 1 heterocycles. The van der Waals surface area contributed by atoms with Crippen molar-refractivity contribution in [3.63, 3.8) is 0 Å². The molecule has 114 valence electrons. The van der Waals surface area contributed by atoms with Gasteiger partial charge >= 0.3 is 5.97 Å². The van der Waals surface area contributed by atoms with Crippen molar-refractivity contribution in [2.24, 2.45) is 5.92 Å². The number of fused-ring (bicyclic) bond motifs is 1. The third kappa shape index (κ3) is 3.54. The van der Waals surface area contributed by atoms with Gasteiger partial charge in [-0.3, -0.25) is 4.79 Å². The molecule has 0 fully saturated rings. The second-order valence-corrected chi connectivity index (χ2v) is 5.73. The number of anilines is 1. The number of para-hydroxylation sites is 1. The summed E-state index contributed by atoms with van der Waals surface area (Å²) in [5.74, 6) is -0.497. The van der Waals surface area contributed by atoms with Gasteiger partial charge in [0.15, 0.2) is 0 Å². The number of carbonyl (C=O) groups excluding carboxylic acids is 2. The van der Waals surface area contributed by atoms with E-state index in [0.29, 0.717) is 18.9 Å². The van der Waals surface area contributed by atoms with Crippen LogP contribution < -0.4 is 10.6 Å². The second-order valence-electron chi connectivity index (χ2n) is 5.73. The Bertz CT molecular complexity index is 528. The van der Waals surface area contributed by atoms with E-state index < -0.39 is 12.0 Å². The normalized spacial score (nSPS) is 17.8. The van der Waals surface area contributed by atoms with Crippen molar-refractivity contribution >= 4 is 17.6 Å². The van der Waals surface area contributed by atoms with Crippen molar-refractivity contribution in [1.29, 1.82) is 0 Å². The standard InChI is InChI=1S/C16H22N2O3/c1-10(2)8-14(16(20)21-3)18-15(19)12-9-17-13-7-5-4-6-11(12)13/h4-7,10,12,14,17H,8-9H2,1-3H3,(H,18,19)/t12?,14-/m0/s1. The van der Waals surface area contributed by atoms with Crippen LogP contribution in [-0.2, 0) is 14.3 Å². The van der Waals surface area contributed by atoms with Gasteiger partial charge in [-0.05, 0) is 24.0 Å². The summed E-state index contributed by atoms with van der Waals surface area (Å²) in [6.07, 6.45) is 0.570. The van der Waals surface area contributed by atoms with Crippen molar-refractivity contribution < 1.29 is 14.3 Å². The lowest BCUT2D eigenvalue weighted by atomic mass is 9.98. The molecule has 5 nitrogen and oxygen atoms in total. The van der Waals surface area contributed by atoms with Crippen molar-refractivity contribution in [2.75, 3.05) is 19.0 Å². The fraction of sp³-hybridized carbons (Fsp3) is 0.500. The fourth-order valence-electron chi connectivity index (χ4n) is 2.62. The molecule has 0 radical (unpaired) electrons. The van der Waals surface area contributed by atoms with Crippen LogP contribution >= 0.6 is 0 Å². The van der Waals surface area contributed by atoms with Crippen LogP contribution in [-0.4, -0.2) is 31.6 Å². The van der Waals surface area contributed by atoms with Crippen LogP contribution in [0.15, 0.2) is 24.3 Å². The Morgan fingerprint density at radius 2 is 2.10 bits per heavy atom. The van der Waals surface area contributed by atoms with E-state index in [-0.39, 0.29) is 11.8 Å². The monoisotopic (exact) mass is 290 g/mol. The zero-order chi connectivity index (χ0) is 15.4. The van der Waals surface area contributed by atoms with Gasteiger partial charge in [-0.15, -0.1) is 0 Å². The minimum atomic E-state index is -0.588. The van der Waals surface area contributed by atoms with Crippen LogP contribution in [0.5, 0.6) is 0 Å². The van der Waals surface area contributed by atoms with Gasteiger partial charge in [0.2, 0.25) is 5.91 Å². The first-order valence-electron chi connectivity index (χ1n) is 7.24. The van der Waals surface area contributed by atoms with Crippen molar-refractivity contribution in [1.82, 2.24) is 5.32 Å². The van der Waals surface area contributed by atoms with Crippen molar-refractivity contribution in [3.05, 3.63) is 29.8 Å². The summed E-state index contributed by atoms with van der Waals surface area (Å²) in [6, 6.07) is 7.15. The Kier molecular flexibility index (Phi) is 4.83. The number of methoxy groups -OCH3 is 1. The van der Waals surface area contributed by atoms with Gasteiger partial charge in [0, 0.05) is 12.2 Å². The zero-order valence-electron chi connectivity index (χ0n) is 12.7. The summed E-state index contributed by atoms with van der Waals surface area (Å²) in [5, 5.41) is 6.04. The first kappa shape index (κ1) is 15.4. The maximum atomic E-state index is 12.5. The summed E-state index contributed by atoms with van der Waals surface area (Å²) >= 11 is 0. The van der Waals surface area contributed by atoms with E-state index in [4.69, 9.17) is 4.74 Å². The van der Waals surface area contributed by atoms with E-state index in [2.05, 4.69) is 10.6 Å². The minimum absolute atomic E-state index is 0.136. The van der Waals surface area contributed by atoms with Gasteiger partial charge < -0.3 is 15.4 Å². The van der Waals surface area contributed by atoms with Gasteiger partial charge in [-0.1, -0.05) is 32.0 Å². The number of hydrogen-bond donors (Lipinski definition) is 2. The molecule has 2 atom stereocenters. The number of esters is 1. The number of ether oxygens (including phenoxy) is 1. The van der Waals surface area contributed by atoms with E-state index in [1.54, 1.807) is 0 Å². The molecule has 1 amide bonds. The van der Waals surface area contributed by atoms with E-state index >= 15 is 0 Å². The van der Waals surface area contributed by atoms with E-state index in [1.165, 1.54) is 7.11 Å². The van der Waals surface area contributed by atoms with Crippen LogP contribution in [0.25, 0.3) is 0 Å². The average Bonchev–Trinajstić information content (AvgIpc) is 2.89. The van der Waals surface area contributed by atoms with Crippen molar-refractivity contribution in [3.8, 4) is 0 Å². The molecule has 0 aliphatic carbocycles. The maximum Gasteiger partial charge on any atom is 0.328 e. The molecule has 0 saturated carbocycles. The maximum absolute atomic E-state index is 12.5. The summed E-state index contributed by atoms with van der Waals surface area (Å²) in [4.78, 5) is 24.3. The number of amides is 1. The summed E-state index contributed by atoms with van der Waals surface area (Å²) < 4.78 is 4.78. The Labute approximate surface area is 125 Å². The quantitative estimate of drug-likeness (QED) is 0.813. The topological polar surface area (TPSA) is 67.4 Å². The SMILES string of the molecule is COC(=O)[C@H](CC(C)C)NC(=O)C1CNc2ccccc21. The molecule has 0 saturated heterocycles. The van der Waals surface area contributed by atoms with Gasteiger partial charge in [-0.25, -0.2) is 4.79 Å². The predicted octanol–water partition coefficient (Wildman–Crippen LogP) is 1.90. The smallest absolute Gasteiger partial charge is 0.328 e. The van der Waals surface area contributed by atoms with Gasteiger partial charge in [-0.2, -0.15) is 0 Å².